The Morgan fingerprint density at radius 2 is 2.00 bits per heavy atom. The lowest BCUT2D eigenvalue weighted by Crippen LogP contribution is -2.25. The highest BCUT2D eigenvalue weighted by molar-refractivity contribution is 5.75. The van der Waals surface area contributed by atoms with Crippen LogP contribution in [-0.4, -0.2) is 19.0 Å². The van der Waals surface area contributed by atoms with Crippen LogP contribution in [0.5, 0.6) is 0 Å². The Bertz CT molecular complexity index is 176. The topological polar surface area (TPSA) is 55.1 Å². The molecule has 0 aromatic heterocycles. The van der Waals surface area contributed by atoms with E-state index in [4.69, 9.17) is 5.73 Å². The van der Waals surface area contributed by atoms with E-state index in [1.54, 1.807) is 0 Å². The van der Waals surface area contributed by atoms with Gasteiger partial charge in [0.15, 0.2) is 0 Å². The van der Waals surface area contributed by atoms with Gasteiger partial charge in [0.1, 0.15) is 0 Å². The first-order chi connectivity index (χ1) is 7.33. The second-order valence-electron chi connectivity index (χ2n) is 4.53. The summed E-state index contributed by atoms with van der Waals surface area (Å²) >= 11 is 0. The van der Waals surface area contributed by atoms with Crippen LogP contribution in [-0.2, 0) is 4.79 Å². The van der Waals surface area contributed by atoms with Gasteiger partial charge >= 0.3 is 0 Å². The van der Waals surface area contributed by atoms with Crippen LogP contribution in [0.3, 0.4) is 0 Å². The molecule has 0 heterocycles. The molecule has 0 spiro atoms. The van der Waals surface area contributed by atoms with Gasteiger partial charge in [-0.3, -0.25) is 4.79 Å². The van der Waals surface area contributed by atoms with E-state index in [1.165, 1.54) is 25.7 Å². The molecule has 0 saturated heterocycles. The van der Waals surface area contributed by atoms with Crippen LogP contribution in [0.1, 0.15) is 51.4 Å². The highest BCUT2D eigenvalue weighted by Gasteiger charge is 2.15. The van der Waals surface area contributed by atoms with E-state index >= 15 is 0 Å². The minimum Gasteiger partial charge on any atom is -0.356 e. The van der Waals surface area contributed by atoms with Gasteiger partial charge < -0.3 is 11.1 Å². The normalized spacial score (nSPS) is 16.9. The largest absolute Gasteiger partial charge is 0.356 e. The van der Waals surface area contributed by atoms with Gasteiger partial charge in [-0.05, 0) is 31.7 Å². The summed E-state index contributed by atoms with van der Waals surface area (Å²) < 4.78 is 0. The SMILES string of the molecule is NCCCCNC(=O)CCC1CCCC1. The van der Waals surface area contributed by atoms with Crippen LogP contribution in [0.4, 0.5) is 0 Å². The summed E-state index contributed by atoms with van der Waals surface area (Å²) in [4.78, 5) is 11.4. The molecule has 0 unspecified atom stereocenters. The first-order valence-corrected chi connectivity index (χ1v) is 6.29. The molecule has 0 aliphatic heterocycles. The fraction of sp³-hybridized carbons (Fsp3) is 0.917. The fourth-order valence-electron chi connectivity index (χ4n) is 2.22. The average molecular weight is 212 g/mol. The third-order valence-corrected chi connectivity index (χ3v) is 3.21. The van der Waals surface area contributed by atoms with Crippen molar-refractivity contribution in [3.63, 3.8) is 0 Å². The van der Waals surface area contributed by atoms with Gasteiger partial charge in [-0.2, -0.15) is 0 Å². The monoisotopic (exact) mass is 212 g/mol. The van der Waals surface area contributed by atoms with Gasteiger partial charge in [0, 0.05) is 13.0 Å². The average Bonchev–Trinajstić information content (AvgIpc) is 2.74. The van der Waals surface area contributed by atoms with Gasteiger partial charge in [0.2, 0.25) is 5.91 Å². The lowest BCUT2D eigenvalue weighted by Gasteiger charge is -2.08. The Hall–Kier alpha value is -0.570. The molecular weight excluding hydrogens is 188 g/mol. The third-order valence-electron chi connectivity index (χ3n) is 3.21. The molecule has 3 N–H and O–H groups in total. The van der Waals surface area contributed by atoms with Crippen molar-refractivity contribution in [2.45, 2.75) is 51.4 Å². The Balaban J connectivity index is 1.93. The summed E-state index contributed by atoms with van der Waals surface area (Å²) in [6.07, 6.45) is 9.21. The molecule has 88 valence electrons. The standard InChI is InChI=1S/C12H24N2O/c13-9-3-4-10-14-12(15)8-7-11-5-1-2-6-11/h11H,1-10,13H2,(H,14,15). The molecule has 1 aliphatic carbocycles. The predicted octanol–water partition coefficient (Wildman–Crippen LogP) is 1.81. The van der Waals surface area contributed by atoms with Crippen LogP contribution in [0.2, 0.25) is 0 Å². The maximum atomic E-state index is 11.4. The zero-order valence-electron chi connectivity index (χ0n) is 9.63. The van der Waals surface area contributed by atoms with Gasteiger partial charge in [0.05, 0.1) is 0 Å². The van der Waals surface area contributed by atoms with Gasteiger partial charge in [-0.15, -0.1) is 0 Å². The Morgan fingerprint density at radius 3 is 2.67 bits per heavy atom. The Morgan fingerprint density at radius 1 is 1.27 bits per heavy atom. The van der Waals surface area contributed by atoms with Gasteiger partial charge in [0.25, 0.3) is 0 Å². The first kappa shape index (κ1) is 12.5. The van der Waals surface area contributed by atoms with Crippen LogP contribution in [0, 0.1) is 5.92 Å². The van der Waals surface area contributed by atoms with E-state index in [2.05, 4.69) is 5.32 Å². The van der Waals surface area contributed by atoms with Crippen molar-refractivity contribution in [2.24, 2.45) is 11.7 Å². The second-order valence-corrected chi connectivity index (χ2v) is 4.53. The van der Waals surface area contributed by atoms with Crippen LogP contribution in [0.25, 0.3) is 0 Å². The van der Waals surface area contributed by atoms with Gasteiger partial charge in [-0.25, -0.2) is 0 Å². The molecule has 0 aromatic rings. The molecule has 1 amide bonds. The predicted molar refractivity (Wildman–Crippen MR) is 62.5 cm³/mol. The van der Waals surface area contributed by atoms with Crippen molar-refractivity contribution in [1.29, 1.82) is 0 Å². The highest BCUT2D eigenvalue weighted by Crippen LogP contribution is 2.28. The zero-order valence-corrected chi connectivity index (χ0v) is 9.63. The van der Waals surface area contributed by atoms with E-state index in [0.717, 1.165) is 38.3 Å². The van der Waals surface area contributed by atoms with E-state index < -0.39 is 0 Å². The van der Waals surface area contributed by atoms with E-state index in [-0.39, 0.29) is 5.91 Å². The number of nitrogens with two attached hydrogens (primary N) is 1. The second kappa shape index (κ2) is 7.69. The maximum Gasteiger partial charge on any atom is 0.220 e. The van der Waals surface area contributed by atoms with E-state index in [1.807, 2.05) is 0 Å². The number of unbranched alkanes of at least 4 members (excludes halogenated alkanes) is 1. The molecule has 1 fully saturated rings. The molecular formula is C12H24N2O. The molecule has 1 aliphatic rings. The van der Waals surface area contributed by atoms with Crippen molar-refractivity contribution in [2.75, 3.05) is 13.1 Å². The molecule has 1 saturated carbocycles. The van der Waals surface area contributed by atoms with Gasteiger partial charge in [-0.1, -0.05) is 25.7 Å². The smallest absolute Gasteiger partial charge is 0.220 e. The molecule has 0 radical (unpaired) electrons. The third kappa shape index (κ3) is 5.78. The number of carbonyl (C=O) groups excluding carboxylic acids is 1. The number of nitrogens with one attached hydrogen (secondary N) is 1. The molecule has 0 atom stereocenters. The summed E-state index contributed by atoms with van der Waals surface area (Å²) in [7, 11) is 0. The molecule has 0 bridgehead atoms. The summed E-state index contributed by atoms with van der Waals surface area (Å²) in [6, 6.07) is 0. The highest BCUT2D eigenvalue weighted by atomic mass is 16.1. The first-order valence-electron chi connectivity index (χ1n) is 6.29. The summed E-state index contributed by atoms with van der Waals surface area (Å²) in [5.74, 6) is 1.04. The summed E-state index contributed by atoms with van der Waals surface area (Å²) in [6.45, 7) is 1.51. The molecule has 1 rings (SSSR count). The van der Waals surface area contributed by atoms with Crippen molar-refractivity contribution in [1.82, 2.24) is 5.32 Å². The van der Waals surface area contributed by atoms with E-state index in [9.17, 15) is 4.79 Å². The van der Waals surface area contributed by atoms with Crippen LogP contribution < -0.4 is 11.1 Å². The number of amides is 1. The van der Waals surface area contributed by atoms with Crippen molar-refractivity contribution >= 4 is 5.91 Å². The Labute approximate surface area is 92.8 Å². The number of carbonyl (C=O) groups is 1. The summed E-state index contributed by atoms with van der Waals surface area (Å²) in [5, 5.41) is 2.95. The van der Waals surface area contributed by atoms with Crippen molar-refractivity contribution in [3.05, 3.63) is 0 Å². The number of hydrogen-bond acceptors (Lipinski definition) is 2. The molecule has 15 heavy (non-hydrogen) atoms. The number of hydrogen-bond donors (Lipinski definition) is 2. The van der Waals surface area contributed by atoms with Crippen molar-refractivity contribution in [3.8, 4) is 0 Å². The minimum atomic E-state index is 0.221. The zero-order chi connectivity index (χ0) is 10.9. The minimum absolute atomic E-state index is 0.221. The Kier molecular flexibility index (Phi) is 6.41. The quantitative estimate of drug-likeness (QED) is 0.632. The molecule has 3 nitrogen and oxygen atoms in total. The molecule has 3 heteroatoms. The summed E-state index contributed by atoms with van der Waals surface area (Å²) in [5.41, 5.74) is 5.37. The van der Waals surface area contributed by atoms with Crippen molar-refractivity contribution < 1.29 is 4.79 Å². The van der Waals surface area contributed by atoms with Crippen LogP contribution >= 0.6 is 0 Å². The lowest BCUT2D eigenvalue weighted by molar-refractivity contribution is -0.121. The van der Waals surface area contributed by atoms with Crippen LogP contribution in [0.15, 0.2) is 0 Å². The lowest BCUT2D eigenvalue weighted by atomic mass is 10.0. The van der Waals surface area contributed by atoms with E-state index in [0.29, 0.717) is 6.42 Å². The maximum absolute atomic E-state index is 11.4. The molecule has 0 aromatic carbocycles. The number of rotatable bonds is 7. The fourth-order valence-corrected chi connectivity index (χ4v) is 2.22.